The molecule has 0 bridgehead atoms. The summed E-state index contributed by atoms with van der Waals surface area (Å²) < 4.78 is 0. The van der Waals surface area contributed by atoms with Gasteiger partial charge in [0.1, 0.15) is 0 Å². The van der Waals surface area contributed by atoms with Crippen LogP contribution in [0.3, 0.4) is 0 Å². The number of carbonyl (C=O) groups is 1. The van der Waals surface area contributed by atoms with E-state index in [1.807, 2.05) is 0 Å². The molecule has 0 spiro atoms. The highest BCUT2D eigenvalue weighted by atomic mass is 16.2. The van der Waals surface area contributed by atoms with Gasteiger partial charge in [0.2, 0.25) is 5.91 Å². The van der Waals surface area contributed by atoms with E-state index in [4.69, 9.17) is 0 Å². The zero-order chi connectivity index (χ0) is 11.4. The molecule has 1 unspecified atom stereocenters. The molecule has 1 amide bonds. The molecular formula is C13H24N2O. The molecule has 2 rings (SSSR count). The van der Waals surface area contributed by atoms with E-state index < -0.39 is 0 Å². The molecule has 1 saturated heterocycles. The first-order valence-corrected chi connectivity index (χ1v) is 6.86. The monoisotopic (exact) mass is 224 g/mol. The summed E-state index contributed by atoms with van der Waals surface area (Å²) in [5.41, 5.74) is 0. The Morgan fingerprint density at radius 2 is 2.12 bits per heavy atom. The third-order valence-corrected chi connectivity index (χ3v) is 3.63. The minimum atomic E-state index is 0.117. The highest BCUT2D eigenvalue weighted by molar-refractivity contribution is 5.82. The van der Waals surface area contributed by atoms with Crippen molar-refractivity contribution in [3.63, 3.8) is 0 Å². The number of hydrogen-bond acceptors (Lipinski definition) is 2. The highest BCUT2D eigenvalue weighted by Gasteiger charge is 2.35. The summed E-state index contributed by atoms with van der Waals surface area (Å²) in [6.07, 6.45) is 8.24. The molecule has 0 aromatic heterocycles. The van der Waals surface area contributed by atoms with Crippen LogP contribution in [0.4, 0.5) is 0 Å². The number of unbranched alkanes of at least 4 members (excludes halogenated alkanes) is 1. The molecular weight excluding hydrogens is 200 g/mol. The van der Waals surface area contributed by atoms with Crippen LogP contribution in [-0.2, 0) is 4.79 Å². The molecule has 0 radical (unpaired) electrons. The number of nitrogens with zero attached hydrogens (tertiary/aromatic N) is 1. The minimum Gasteiger partial charge on any atom is -0.338 e. The molecule has 0 aromatic carbocycles. The van der Waals surface area contributed by atoms with Crippen molar-refractivity contribution < 1.29 is 4.79 Å². The fourth-order valence-electron chi connectivity index (χ4n) is 2.45. The second-order valence-corrected chi connectivity index (χ2v) is 5.12. The van der Waals surface area contributed by atoms with Gasteiger partial charge in [-0.2, -0.15) is 0 Å². The predicted octanol–water partition coefficient (Wildman–Crippen LogP) is 1.92. The van der Waals surface area contributed by atoms with E-state index >= 15 is 0 Å². The fraction of sp³-hybridized carbons (Fsp3) is 0.923. The number of nitrogens with one attached hydrogen (secondary N) is 1. The van der Waals surface area contributed by atoms with Gasteiger partial charge >= 0.3 is 0 Å². The van der Waals surface area contributed by atoms with Crippen LogP contribution in [0.5, 0.6) is 0 Å². The summed E-state index contributed by atoms with van der Waals surface area (Å²) in [6.45, 7) is 4.18. The van der Waals surface area contributed by atoms with Crippen molar-refractivity contribution in [2.75, 3.05) is 13.1 Å². The molecule has 3 heteroatoms. The van der Waals surface area contributed by atoms with Gasteiger partial charge in [0.15, 0.2) is 0 Å². The lowest BCUT2D eigenvalue weighted by molar-refractivity contribution is -0.134. The lowest BCUT2D eigenvalue weighted by atomic mass is 10.0. The first-order valence-electron chi connectivity index (χ1n) is 6.86. The average molecular weight is 224 g/mol. The van der Waals surface area contributed by atoms with E-state index in [0.29, 0.717) is 11.9 Å². The Labute approximate surface area is 98.6 Å². The Hall–Kier alpha value is -0.570. The van der Waals surface area contributed by atoms with E-state index in [1.54, 1.807) is 0 Å². The molecule has 3 nitrogen and oxygen atoms in total. The van der Waals surface area contributed by atoms with Crippen molar-refractivity contribution in [2.45, 2.75) is 64.0 Å². The Balaban J connectivity index is 1.87. The normalized spacial score (nSPS) is 25.4. The van der Waals surface area contributed by atoms with Gasteiger partial charge in [-0.15, -0.1) is 0 Å². The second kappa shape index (κ2) is 5.67. The fourth-order valence-corrected chi connectivity index (χ4v) is 2.45. The lowest BCUT2D eigenvalue weighted by Gasteiger charge is -2.30. The van der Waals surface area contributed by atoms with E-state index in [9.17, 15) is 4.79 Å². The quantitative estimate of drug-likeness (QED) is 0.774. The van der Waals surface area contributed by atoms with E-state index in [1.165, 1.54) is 32.1 Å². The van der Waals surface area contributed by atoms with Gasteiger partial charge < -0.3 is 10.2 Å². The van der Waals surface area contributed by atoms with Gasteiger partial charge in [-0.1, -0.05) is 19.8 Å². The largest absolute Gasteiger partial charge is 0.338 e. The topological polar surface area (TPSA) is 32.3 Å². The lowest BCUT2D eigenvalue weighted by Crippen LogP contribution is -2.49. The summed E-state index contributed by atoms with van der Waals surface area (Å²) >= 11 is 0. The van der Waals surface area contributed by atoms with E-state index in [0.717, 1.165) is 25.9 Å². The molecule has 1 saturated carbocycles. The second-order valence-electron chi connectivity index (χ2n) is 5.12. The standard InChI is InChI=1S/C13H24N2O/c1-2-3-10-15(11-7-8-11)13(16)12-6-4-5-9-14-12/h11-12,14H,2-10H2,1H3. The number of rotatable bonds is 5. The predicted molar refractivity (Wildman–Crippen MR) is 65.3 cm³/mol. The third-order valence-electron chi connectivity index (χ3n) is 3.63. The Kier molecular flexibility index (Phi) is 4.22. The molecule has 92 valence electrons. The molecule has 1 aliphatic heterocycles. The maximum absolute atomic E-state index is 12.3. The van der Waals surface area contributed by atoms with Crippen molar-refractivity contribution in [1.82, 2.24) is 10.2 Å². The van der Waals surface area contributed by atoms with Gasteiger partial charge in [-0.25, -0.2) is 0 Å². The van der Waals surface area contributed by atoms with Crippen molar-refractivity contribution in [3.8, 4) is 0 Å². The molecule has 2 fully saturated rings. The summed E-state index contributed by atoms with van der Waals surface area (Å²) in [5.74, 6) is 0.371. The minimum absolute atomic E-state index is 0.117. The summed E-state index contributed by atoms with van der Waals surface area (Å²) in [4.78, 5) is 14.5. The number of piperidine rings is 1. The van der Waals surface area contributed by atoms with Crippen LogP contribution in [0, 0.1) is 0 Å². The number of hydrogen-bond donors (Lipinski definition) is 1. The first-order chi connectivity index (χ1) is 7.83. The molecule has 1 N–H and O–H groups in total. The Morgan fingerprint density at radius 1 is 1.31 bits per heavy atom. The van der Waals surface area contributed by atoms with Gasteiger partial charge in [0, 0.05) is 12.6 Å². The van der Waals surface area contributed by atoms with Crippen LogP contribution in [0.1, 0.15) is 51.9 Å². The Morgan fingerprint density at radius 3 is 2.69 bits per heavy atom. The molecule has 1 aliphatic carbocycles. The first kappa shape index (κ1) is 11.9. The van der Waals surface area contributed by atoms with Crippen molar-refractivity contribution >= 4 is 5.91 Å². The molecule has 1 heterocycles. The van der Waals surface area contributed by atoms with Gasteiger partial charge in [-0.3, -0.25) is 4.79 Å². The highest BCUT2D eigenvalue weighted by Crippen LogP contribution is 2.28. The number of carbonyl (C=O) groups excluding carboxylic acids is 1. The SMILES string of the molecule is CCCCN(C(=O)C1CCCCN1)C1CC1. The van der Waals surface area contributed by atoms with Gasteiger partial charge in [0.05, 0.1) is 6.04 Å². The maximum Gasteiger partial charge on any atom is 0.239 e. The maximum atomic E-state index is 12.3. The molecule has 16 heavy (non-hydrogen) atoms. The summed E-state index contributed by atoms with van der Waals surface area (Å²) in [7, 11) is 0. The van der Waals surface area contributed by atoms with Crippen molar-refractivity contribution in [2.24, 2.45) is 0 Å². The molecule has 2 aliphatic rings. The van der Waals surface area contributed by atoms with Crippen molar-refractivity contribution in [3.05, 3.63) is 0 Å². The number of amides is 1. The zero-order valence-electron chi connectivity index (χ0n) is 10.4. The van der Waals surface area contributed by atoms with Crippen LogP contribution in [0.15, 0.2) is 0 Å². The van der Waals surface area contributed by atoms with E-state index in [-0.39, 0.29) is 6.04 Å². The van der Waals surface area contributed by atoms with Crippen LogP contribution in [0.25, 0.3) is 0 Å². The van der Waals surface area contributed by atoms with Crippen LogP contribution < -0.4 is 5.32 Å². The van der Waals surface area contributed by atoms with Gasteiger partial charge in [-0.05, 0) is 38.6 Å². The van der Waals surface area contributed by atoms with Gasteiger partial charge in [0.25, 0.3) is 0 Å². The third kappa shape index (κ3) is 2.97. The smallest absolute Gasteiger partial charge is 0.239 e. The average Bonchev–Trinajstić information content (AvgIpc) is 3.15. The van der Waals surface area contributed by atoms with Crippen LogP contribution in [-0.4, -0.2) is 36.0 Å². The zero-order valence-corrected chi connectivity index (χ0v) is 10.4. The summed E-state index contributed by atoms with van der Waals surface area (Å²) in [5, 5.41) is 3.37. The Bertz CT molecular complexity index is 232. The van der Waals surface area contributed by atoms with E-state index in [2.05, 4.69) is 17.1 Å². The summed E-state index contributed by atoms with van der Waals surface area (Å²) in [6, 6.07) is 0.689. The van der Waals surface area contributed by atoms with Crippen LogP contribution >= 0.6 is 0 Å². The molecule has 0 aromatic rings. The van der Waals surface area contributed by atoms with Crippen molar-refractivity contribution in [1.29, 1.82) is 0 Å². The molecule has 1 atom stereocenters. The van der Waals surface area contributed by atoms with Crippen LogP contribution in [0.2, 0.25) is 0 Å².